The van der Waals surface area contributed by atoms with Crippen molar-refractivity contribution in [1.29, 1.82) is 0 Å². The van der Waals surface area contributed by atoms with E-state index in [0.29, 0.717) is 22.2 Å². The second-order valence-corrected chi connectivity index (χ2v) is 3.42. The molecular formula is C11H10FNO3. The summed E-state index contributed by atoms with van der Waals surface area (Å²) < 4.78 is 18.2. The molecule has 0 bridgehead atoms. The number of aromatic amines is 1. The van der Waals surface area contributed by atoms with Gasteiger partial charge in [0.15, 0.2) is 0 Å². The number of ether oxygens (including phenoxy) is 1. The lowest BCUT2D eigenvalue weighted by Crippen LogP contribution is -1.99. The van der Waals surface area contributed by atoms with Crippen molar-refractivity contribution >= 4 is 16.9 Å². The number of halogens is 1. The van der Waals surface area contributed by atoms with Gasteiger partial charge in [0.2, 0.25) is 0 Å². The molecule has 2 N–H and O–H groups in total. The van der Waals surface area contributed by atoms with Crippen LogP contribution in [0.2, 0.25) is 0 Å². The molecule has 0 fully saturated rings. The number of hydrogen-bond donors (Lipinski definition) is 2. The number of methoxy groups -OCH3 is 1. The summed E-state index contributed by atoms with van der Waals surface area (Å²) in [6, 6.07) is 2.55. The number of fused-ring (bicyclic) bond motifs is 1. The molecule has 4 nitrogen and oxygen atoms in total. The quantitative estimate of drug-likeness (QED) is 0.835. The molecule has 84 valence electrons. The van der Waals surface area contributed by atoms with Crippen molar-refractivity contribution in [2.75, 3.05) is 7.11 Å². The van der Waals surface area contributed by atoms with Gasteiger partial charge in [-0.3, -0.25) is 4.79 Å². The monoisotopic (exact) mass is 223 g/mol. The highest BCUT2D eigenvalue weighted by Gasteiger charge is 2.12. The van der Waals surface area contributed by atoms with Crippen LogP contribution in [0.1, 0.15) is 5.56 Å². The second-order valence-electron chi connectivity index (χ2n) is 3.42. The summed E-state index contributed by atoms with van der Waals surface area (Å²) in [5.41, 5.74) is 1.15. The molecule has 2 rings (SSSR count). The number of rotatable bonds is 3. The highest BCUT2D eigenvalue weighted by molar-refractivity contribution is 5.90. The Morgan fingerprint density at radius 3 is 2.94 bits per heavy atom. The Hall–Kier alpha value is -2.04. The van der Waals surface area contributed by atoms with Crippen LogP contribution in [0.4, 0.5) is 4.39 Å². The predicted octanol–water partition coefficient (Wildman–Crippen LogP) is 1.94. The van der Waals surface area contributed by atoms with E-state index in [1.165, 1.54) is 19.2 Å². The van der Waals surface area contributed by atoms with Gasteiger partial charge >= 0.3 is 5.97 Å². The summed E-state index contributed by atoms with van der Waals surface area (Å²) in [5, 5.41) is 9.24. The fraction of sp³-hybridized carbons (Fsp3) is 0.182. The Balaban J connectivity index is 2.62. The van der Waals surface area contributed by atoms with E-state index in [1.54, 1.807) is 6.20 Å². The van der Waals surface area contributed by atoms with Gasteiger partial charge in [0, 0.05) is 17.6 Å². The third kappa shape index (κ3) is 1.71. The maximum Gasteiger partial charge on any atom is 0.307 e. The lowest BCUT2D eigenvalue weighted by molar-refractivity contribution is -0.136. The summed E-state index contributed by atoms with van der Waals surface area (Å²) in [4.78, 5) is 13.5. The zero-order chi connectivity index (χ0) is 11.7. The van der Waals surface area contributed by atoms with E-state index in [1.807, 2.05) is 0 Å². The van der Waals surface area contributed by atoms with Gasteiger partial charge in [-0.1, -0.05) is 0 Å². The van der Waals surface area contributed by atoms with E-state index in [0.717, 1.165) is 0 Å². The minimum Gasteiger partial charge on any atom is -0.494 e. The van der Waals surface area contributed by atoms with Crippen LogP contribution in [-0.4, -0.2) is 23.2 Å². The van der Waals surface area contributed by atoms with Crippen molar-refractivity contribution in [3.63, 3.8) is 0 Å². The van der Waals surface area contributed by atoms with E-state index in [2.05, 4.69) is 4.98 Å². The summed E-state index contributed by atoms with van der Waals surface area (Å²) in [7, 11) is 1.44. The molecule has 0 aliphatic heterocycles. The van der Waals surface area contributed by atoms with Crippen LogP contribution in [-0.2, 0) is 11.2 Å². The number of nitrogens with one attached hydrogen (secondary N) is 1. The van der Waals surface area contributed by atoms with E-state index < -0.39 is 11.8 Å². The molecule has 1 aromatic heterocycles. The predicted molar refractivity (Wildman–Crippen MR) is 56.1 cm³/mol. The Kier molecular flexibility index (Phi) is 2.52. The second kappa shape index (κ2) is 3.84. The van der Waals surface area contributed by atoms with E-state index in [9.17, 15) is 9.18 Å². The fourth-order valence-electron chi connectivity index (χ4n) is 1.69. The van der Waals surface area contributed by atoms with Crippen molar-refractivity contribution in [1.82, 2.24) is 4.98 Å². The highest BCUT2D eigenvalue weighted by atomic mass is 19.1. The Morgan fingerprint density at radius 1 is 1.56 bits per heavy atom. The van der Waals surface area contributed by atoms with Crippen LogP contribution >= 0.6 is 0 Å². The topological polar surface area (TPSA) is 62.3 Å². The molecule has 0 amide bonds. The van der Waals surface area contributed by atoms with Crippen molar-refractivity contribution in [2.24, 2.45) is 0 Å². The molecule has 0 aliphatic carbocycles. The summed E-state index contributed by atoms with van der Waals surface area (Å²) in [6.07, 6.45) is 1.41. The van der Waals surface area contributed by atoms with Crippen molar-refractivity contribution in [3.8, 4) is 5.75 Å². The molecule has 0 aliphatic rings. The normalized spacial score (nSPS) is 10.6. The lowest BCUT2D eigenvalue weighted by atomic mass is 10.1. The van der Waals surface area contributed by atoms with E-state index in [-0.39, 0.29) is 6.42 Å². The van der Waals surface area contributed by atoms with Gasteiger partial charge in [0.1, 0.15) is 11.6 Å². The number of carbonyl (C=O) groups is 1. The van der Waals surface area contributed by atoms with Gasteiger partial charge < -0.3 is 14.8 Å². The molecule has 0 radical (unpaired) electrons. The smallest absolute Gasteiger partial charge is 0.307 e. The first kappa shape index (κ1) is 10.5. The molecule has 16 heavy (non-hydrogen) atoms. The van der Waals surface area contributed by atoms with Crippen LogP contribution in [0, 0.1) is 5.82 Å². The average Bonchev–Trinajstić information content (AvgIpc) is 2.59. The van der Waals surface area contributed by atoms with Gasteiger partial charge in [-0.15, -0.1) is 0 Å². The van der Waals surface area contributed by atoms with Gasteiger partial charge in [0.05, 0.1) is 19.0 Å². The minimum atomic E-state index is -0.955. The molecular weight excluding hydrogens is 213 g/mol. The lowest BCUT2D eigenvalue weighted by Gasteiger charge is -2.02. The zero-order valence-corrected chi connectivity index (χ0v) is 8.58. The van der Waals surface area contributed by atoms with Gasteiger partial charge in [-0.25, -0.2) is 4.39 Å². The summed E-state index contributed by atoms with van der Waals surface area (Å²) in [6.45, 7) is 0. The largest absolute Gasteiger partial charge is 0.494 e. The maximum atomic E-state index is 13.2. The number of benzene rings is 1. The van der Waals surface area contributed by atoms with Crippen LogP contribution in [0.5, 0.6) is 5.75 Å². The molecule has 0 spiro atoms. The number of carboxylic acid groups (broad SMARTS) is 1. The first-order valence-corrected chi connectivity index (χ1v) is 4.67. The number of aliphatic carboxylic acids is 1. The van der Waals surface area contributed by atoms with Crippen molar-refractivity contribution in [2.45, 2.75) is 6.42 Å². The summed E-state index contributed by atoms with van der Waals surface area (Å²) in [5.74, 6) is -1.04. The van der Waals surface area contributed by atoms with Crippen LogP contribution < -0.4 is 4.74 Å². The van der Waals surface area contributed by atoms with Gasteiger partial charge in [-0.2, -0.15) is 0 Å². The molecule has 0 saturated heterocycles. The van der Waals surface area contributed by atoms with E-state index >= 15 is 0 Å². The average molecular weight is 223 g/mol. The zero-order valence-electron chi connectivity index (χ0n) is 8.58. The molecule has 0 atom stereocenters. The summed E-state index contributed by atoms with van der Waals surface area (Å²) >= 11 is 0. The Labute approximate surface area is 90.7 Å². The van der Waals surface area contributed by atoms with E-state index in [4.69, 9.17) is 9.84 Å². The molecule has 1 aromatic carbocycles. The highest BCUT2D eigenvalue weighted by Crippen LogP contribution is 2.28. The molecule has 0 unspecified atom stereocenters. The third-order valence-electron chi connectivity index (χ3n) is 2.37. The molecule has 5 heteroatoms. The molecule has 0 saturated carbocycles. The first-order valence-electron chi connectivity index (χ1n) is 4.67. The van der Waals surface area contributed by atoms with Crippen LogP contribution in [0.25, 0.3) is 10.9 Å². The standard InChI is InChI=1S/C11H10FNO3/c1-16-9-4-7(12)3-8-6(2-10(14)15)5-13-11(8)9/h3-5,13H,2H2,1H3,(H,14,15). The Morgan fingerprint density at radius 2 is 2.31 bits per heavy atom. The molecule has 2 aromatic rings. The number of hydrogen-bond acceptors (Lipinski definition) is 2. The SMILES string of the molecule is COc1cc(F)cc2c(CC(=O)O)c[nH]c12. The first-order chi connectivity index (χ1) is 7.61. The van der Waals surface area contributed by atoms with Crippen molar-refractivity contribution in [3.05, 3.63) is 29.7 Å². The molecule has 1 heterocycles. The number of carboxylic acids is 1. The van der Waals surface area contributed by atoms with Gasteiger partial charge in [-0.05, 0) is 11.6 Å². The maximum absolute atomic E-state index is 13.2. The van der Waals surface area contributed by atoms with Crippen LogP contribution in [0.15, 0.2) is 18.3 Å². The Bertz CT molecular complexity index is 547. The number of aromatic nitrogens is 1. The fourth-order valence-corrected chi connectivity index (χ4v) is 1.69. The van der Waals surface area contributed by atoms with Crippen LogP contribution in [0.3, 0.4) is 0 Å². The van der Waals surface area contributed by atoms with Crippen molar-refractivity contribution < 1.29 is 19.0 Å². The third-order valence-corrected chi connectivity index (χ3v) is 2.37. The minimum absolute atomic E-state index is 0.146. The van der Waals surface area contributed by atoms with Gasteiger partial charge in [0.25, 0.3) is 0 Å². The number of H-pyrrole nitrogens is 1.